The highest BCUT2D eigenvalue weighted by Crippen LogP contribution is 2.46. The summed E-state index contributed by atoms with van der Waals surface area (Å²) in [7, 11) is -2.87. The summed E-state index contributed by atoms with van der Waals surface area (Å²) < 4.78 is 21.2. The van der Waals surface area contributed by atoms with Crippen molar-refractivity contribution in [2.24, 2.45) is 5.92 Å². The number of rotatable bonds is 7. The number of anilines is 2. The molecule has 1 saturated heterocycles. The molecule has 4 atom stereocenters. The SMILES string of the molecule is C[C@H]1[C@H]([Si](C)(C)F)[C@@H](CCO)O[C@H]1CCc1ccc(N2C(=O)CCc3ccccc32)cc1. The van der Waals surface area contributed by atoms with Crippen molar-refractivity contribution < 1.29 is 18.7 Å². The van der Waals surface area contributed by atoms with Crippen LogP contribution >= 0.6 is 0 Å². The summed E-state index contributed by atoms with van der Waals surface area (Å²) in [5.41, 5.74) is 4.18. The van der Waals surface area contributed by atoms with Gasteiger partial charge in [0.25, 0.3) is 0 Å². The number of aryl methyl sites for hydroxylation is 2. The number of hydrogen-bond donors (Lipinski definition) is 1. The van der Waals surface area contributed by atoms with Crippen molar-refractivity contribution in [3.05, 3.63) is 59.7 Å². The molecule has 4 rings (SSSR count). The van der Waals surface area contributed by atoms with E-state index in [0.717, 1.165) is 30.6 Å². The summed E-state index contributed by atoms with van der Waals surface area (Å²) in [5, 5.41) is 9.39. The summed E-state index contributed by atoms with van der Waals surface area (Å²) >= 11 is 0. The third kappa shape index (κ3) is 4.68. The van der Waals surface area contributed by atoms with Gasteiger partial charge in [-0.25, -0.2) is 0 Å². The van der Waals surface area contributed by atoms with Crippen LogP contribution in [0.25, 0.3) is 0 Å². The van der Waals surface area contributed by atoms with Crippen LogP contribution < -0.4 is 4.90 Å². The van der Waals surface area contributed by atoms with Crippen LogP contribution in [0.5, 0.6) is 0 Å². The Morgan fingerprint density at radius 1 is 1.06 bits per heavy atom. The Balaban J connectivity index is 1.43. The van der Waals surface area contributed by atoms with Gasteiger partial charge < -0.3 is 14.0 Å². The smallest absolute Gasteiger partial charge is 0.246 e. The number of para-hydroxylation sites is 1. The Morgan fingerprint density at radius 3 is 2.47 bits per heavy atom. The topological polar surface area (TPSA) is 49.8 Å². The van der Waals surface area contributed by atoms with E-state index in [2.05, 4.69) is 25.1 Å². The molecule has 1 fully saturated rings. The lowest BCUT2D eigenvalue weighted by atomic mass is 9.95. The lowest BCUT2D eigenvalue weighted by molar-refractivity contribution is -0.118. The fourth-order valence-electron chi connectivity index (χ4n) is 5.61. The molecule has 32 heavy (non-hydrogen) atoms. The minimum atomic E-state index is -2.87. The van der Waals surface area contributed by atoms with E-state index in [0.29, 0.717) is 12.8 Å². The fraction of sp³-hybridized carbons (Fsp3) is 0.500. The van der Waals surface area contributed by atoms with Gasteiger partial charge in [-0.15, -0.1) is 0 Å². The molecule has 0 aromatic heterocycles. The molecule has 2 aromatic rings. The van der Waals surface area contributed by atoms with Crippen LogP contribution in [0.3, 0.4) is 0 Å². The van der Waals surface area contributed by atoms with E-state index in [1.165, 1.54) is 11.1 Å². The molecule has 0 unspecified atom stereocenters. The average Bonchev–Trinajstić information content (AvgIpc) is 3.08. The minimum absolute atomic E-state index is 0.00861. The second kappa shape index (κ2) is 9.46. The number of amides is 1. The molecule has 1 amide bonds. The van der Waals surface area contributed by atoms with Gasteiger partial charge in [0.05, 0.1) is 17.9 Å². The molecule has 2 aliphatic rings. The first-order valence-corrected chi connectivity index (χ1v) is 14.7. The molecule has 2 heterocycles. The zero-order valence-electron chi connectivity index (χ0n) is 19.3. The van der Waals surface area contributed by atoms with E-state index in [1.807, 2.05) is 35.2 Å². The second-order valence-corrected chi connectivity index (χ2v) is 13.5. The molecule has 0 spiro atoms. The van der Waals surface area contributed by atoms with Crippen LogP contribution in [0.15, 0.2) is 48.5 Å². The number of nitrogens with zero attached hydrogens (tertiary/aromatic N) is 1. The van der Waals surface area contributed by atoms with Gasteiger partial charge in [-0.1, -0.05) is 37.3 Å². The van der Waals surface area contributed by atoms with Crippen molar-refractivity contribution in [1.29, 1.82) is 0 Å². The van der Waals surface area contributed by atoms with Crippen molar-refractivity contribution in [3.63, 3.8) is 0 Å². The zero-order chi connectivity index (χ0) is 22.9. The molecule has 0 saturated carbocycles. The van der Waals surface area contributed by atoms with Crippen molar-refractivity contribution in [2.75, 3.05) is 11.5 Å². The van der Waals surface area contributed by atoms with Crippen LogP contribution in [0, 0.1) is 5.92 Å². The molecule has 2 aromatic carbocycles. The number of halogens is 1. The van der Waals surface area contributed by atoms with E-state index >= 15 is 0 Å². The minimum Gasteiger partial charge on any atom is -0.396 e. The largest absolute Gasteiger partial charge is 0.396 e. The molecule has 2 aliphatic heterocycles. The fourth-order valence-corrected chi connectivity index (χ4v) is 8.20. The monoisotopic (exact) mass is 455 g/mol. The number of ether oxygens (including phenoxy) is 1. The first-order chi connectivity index (χ1) is 15.3. The molecule has 0 aliphatic carbocycles. The Labute approximate surface area is 191 Å². The Morgan fingerprint density at radius 2 is 1.78 bits per heavy atom. The Hall–Kier alpha value is -2.02. The zero-order valence-corrected chi connectivity index (χ0v) is 20.3. The molecular formula is C26H34FNO3Si. The third-order valence-electron chi connectivity index (χ3n) is 7.11. The maximum Gasteiger partial charge on any atom is 0.246 e. The third-order valence-corrected chi connectivity index (χ3v) is 9.59. The molecular weight excluding hydrogens is 421 g/mol. The van der Waals surface area contributed by atoms with Crippen molar-refractivity contribution in [1.82, 2.24) is 0 Å². The second-order valence-electron chi connectivity index (χ2n) is 9.74. The van der Waals surface area contributed by atoms with E-state index in [-0.39, 0.29) is 36.2 Å². The highest BCUT2D eigenvalue weighted by atomic mass is 28.4. The highest BCUT2D eigenvalue weighted by molar-refractivity contribution is 6.72. The van der Waals surface area contributed by atoms with Crippen molar-refractivity contribution >= 4 is 25.7 Å². The standard InChI is InChI=1S/C26H34FNO3Si/c1-18-23(31-24(16-17-29)26(18)32(2,3)27)14-10-19-8-12-21(13-9-19)28-22-7-5-4-6-20(22)11-15-25(28)30/h4-9,12-13,18,23-24,26,29H,10-11,14-17H2,1-3H3/t18-,23+,24-,26+/m1/s1. The molecule has 6 heteroatoms. The average molecular weight is 456 g/mol. The van der Waals surface area contributed by atoms with E-state index in [1.54, 1.807) is 13.1 Å². The molecule has 4 nitrogen and oxygen atoms in total. The van der Waals surface area contributed by atoms with Crippen molar-refractivity contribution in [2.45, 2.75) is 69.9 Å². The quantitative estimate of drug-likeness (QED) is 0.439. The van der Waals surface area contributed by atoms with Crippen LogP contribution in [-0.2, 0) is 22.4 Å². The summed E-state index contributed by atoms with van der Waals surface area (Å²) in [6.07, 6.45) is 3.32. The molecule has 0 radical (unpaired) electrons. The number of fused-ring (bicyclic) bond motifs is 1. The maximum absolute atomic E-state index is 15.0. The van der Waals surface area contributed by atoms with E-state index in [4.69, 9.17) is 4.74 Å². The Bertz CT molecular complexity index is 943. The predicted molar refractivity (Wildman–Crippen MR) is 129 cm³/mol. The maximum atomic E-state index is 15.0. The number of hydrogen-bond acceptors (Lipinski definition) is 3. The number of aliphatic hydroxyl groups excluding tert-OH is 1. The Kier molecular flexibility index (Phi) is 6.84. The first-order valence-electron chi connectivity index (χ1n) is 11.7. The summed E-state index contributed by atoms with van der Waals surface area (Å²) in [5.74, 6) is 0.281. The molecule has 1 N–H and O–H groups in total. The van der Waals surface area contributed by atoms with Crippen LogP contribution in [-0.4, -0.2) is 38.2 Å². The van der Waals surface area contributed by atoms with Gasteiger partial charge in [0.1, 0.15) is 0 Å². The van der Waals surface area contributed by atoms with E-state index in [9.17, 15) is 14.0 Å². The van der Waals surface area contributed by atoms with Crippen LogP contribution in [0.1, 0.15) is 37.3 Å². The van der Waals surface area contributed by atoms with Crippen LogP contribution in [0.2, 0.25) is 18.6 Å². The number of carbonyl (C=O) groups excluding carboxylic acids is 1. The number of benzene rings is 2. The van der Waals surface area contributed by atoms with Gasteiger partial charge >= 0.3 is 0 Å². The van der Waals surface area contributed by atoms with Gasteiger partial charge in [-0.3, -0.25) is 9.69 Å². The first kappa shape index (κ1) is 23.1. The highest BCUT2D eigenvalue weighted by Gasteiger charge is 2.50. The van der Waals surface area contributed by atoms with Gasteiger partial charge in [0.15, 0.2) is 0 Å². The lowest BCUT2D eigenvalue weighted by Crippen LogP contribution is -2.36. The van der Waals surface area contributed by atoms with Gasteiger partial charge in [-0.05, 0) is 74.0 Å². The van der Waals surface area contributed by atoms with Gasteiger partial charge in [0.2, 0.25) is 14.3 Å². The normalized spacial score (nSPS) is 25.8. The van der Waals surface area contributed by atoms with Gasteiger partial charge in [0, 0.05) is 24.3 Å². The summed E-state index contributed by atoms with van der Waals surface area (Å²) in [6.45, 7) is 5.64. The van der Waals surface area contributed by atoms with Crippen molar-refractivity contribution in [3.8, 4) is 0 Å². The number of aliphatic hydroxyl groups is 1. The van der Waals surface area contributed by atoms with Gasteiger partial charge in [-0.2, -0.15) is 0 Å². The molecule has 0 bridgehead atoms. The number of carbonyl (C=O) groups is 1. The van der Waals surface area contributed by atoms with Crippen LogP contribution in [0.4, 0.5) is 15.5 Å². The summed E-state index contributed by atoms with van der Waals surface area (Å²) in [4.78, 5) is 14.5. The van der Waals surface area contributed by atoms with E-state index < -0.39 is 8.41 Å². The predicted octanol–water partition coefficient (Wildman–Crippen LogP) is 5.56. The lowest BCUT2D eigenvalue weighted by Gasteiger charge is -2.29. The molecule has 172 valence electrons. The summed E-state index contributed by atoms with van der Waals surface area (Å²) in [6, 6.07) is 16.3.